The maximum absolute atomic E-state index is 9.92. The number of nitriles is 1. The van der Waals surface area contributed by atoms with Gasteiger partial charge in [-0.2, -0.15) is 15.0 Å². The first kappa shape index (κ1) is 18.3. The quantitative estimate of drug-likeness (QED) is 0.450. The van der Waals surface area contributed by atoms with E-state index < -0.39 is 0 Å². The molecule has 5 aromatic heterocycles. The fraction of sp³-hybridized carbons (Fsp3) is 0.100. The normalized spacial score (nSPS) is 11.4. The van der Waals surface area contributed by atoms with Gasteiger partial charge in [-0.1, -0.05) is 12.1 Å². The number of hydrogen-bond acceptors (Lipinski definition) is 8. The van der Waals surface area contributed by atoms with E-state index in [9.17, 15) is 5.26 Å². The summed E-state index contributed by atoms with van der Waals surface area (Å²) in [7, 11) is 0. The van der Waals surface area contributed by atoms with Crippen LogP contribution >= 0.6 is 0 Å². The zero-order valence-corrected chi connectivity index (χ0v) is 16.6. The van der Waals surface area contributed by atoms with Crippen LogP contribution in [0.3, 0.4) is 0 Å². The highest BCUT2D eigenvalue weighted by Crippen LogP contribution is 2.33. The van der Waals surface area contributed by atoms with Crippen LogP contribution in [0.1, 0.15) is 17.1 Å². The van der Waals surface area contributed by atoms with Crippen molar-refractivity contribution in [3.05, 3.63) is 65.9 Å². The summed E-state index contributed by atoms with van der Waals surface area (Å²) >= 11 is 0. The van der Waals surface area contributed by atoms with Gasteiger partial charge in [-0.15, -0.1) is 20.4 Å². The number of azo groups is 1. The Morgan fingerprint density at radius 2 is 1.81 bits per heavy atom. The molecule has 0 saturated carbocycles. The van der Waals surface area contributed by atoms with Crippen LogP contribution in [0.5, 0.6) is 0 Å². The minimum Gasteiger partial charge on any atom is -0.293 e. The van der Waals surface area contributed by atoms with Gasteiger partial charge in [-0.3, -0.25) is 10.1 Å². The molecule has 0 unspecified atom stereocenters. The smallest absolute Gasteiger partial charge is 0.205 e. The molecule has 5 aromatic rings. The number of nitrogens with zero attached hydrogens (tertiary/aromatic N) is 10. The number of aryl methyl sites for hydroxylation is 2. The van der Waals surface area contributed by atoms with E-state index in [1.807, 2.05) is 26.0 Å². The molecule has 0 aliphatic rings. The van der Waals surface area contributed by atoms with Crippen LogP contribution in [-0.2, 0) is 0 Å². The Morgan fingerprint density at radius 1 is 1.00 bits per heavy atom. The second-order valence-corrected chi connectivity index (χ2v) is 6.67. The van der Waals surface area contributed by atoms with Gasteiger partial charge in [0.2, 0.25) is 5.65 Å². The maximum Gasteiger partial charge on any atom is 0.205 e. The Balaban J connectivity index is 1.71. The van der Waals surface area contributed by atoms with Crippen molar-refractivity contribution in [1.82, 2.24) is 39.6 Å². The van der Waals surface area contributed by atoms with Crippen molar-refractivity contribution < 1.29 is 0 Å². The number of nitrogens with one attached hydrogen (secondary N) is 1. The van der Waals surface area contributed by atoms with Crippen molar-refractivity contribution in [3.8, 4) is 23.3 Å². The highest BCUT2D eigenvalue weighted by Gasteiger charge is 2.22. The first-order valence-electron chi connectivity index (χ1n) is 9.35. The van der Waals surface area contributed by atoms with Crippen molar-refractivity contribution in [3.63, 3.8) is 0 Å². The highest BCUT2D eigenvalue weighted by molar-refractivity contribution is 5.71. The zero-order chi connectivity index (χ0) is 21.4. The van der Waals surface area contributed by atoms with Gasteiger partial charge in [-0.25, -0.2) is 9.50 Å². The molecule has 11 nitrogen and oxygen atoms in total. The molecule has 1 N–H and O–H groups in total. The Kier molecular flexibility index (Phi) is 4.30. The van der Waals surface area contributed by atoms with E-state index in [0.717, 1.165) is 5.69 Å². The van der Waals surface area contributed by atoms with Gasteiger partial charge in [0.25, 0.3) is 0 Å². The van der Waals surface area contributed by atoms with E-state index in [1.165, 1.54) is 4.68 Å². The van der Waals surface area contributed by atoms with Crippen molar-refractivity contribution in [2.45, 2.75) is 13.8 Å². The van der Waals surface area contributed by atoms with Crippen molar-refractivity contribution >= 4 is 17.2 Å². The second kappa shape index (κ2) is 7.27. The molecule has 0 atom stereocenters. The third-order valence-electron chi connectivity index (χ3n) is 4.66. The molecule has 150 valence electrons. The van der Waals surface area contributed by atoms with Crippen molar-refractivity contribution in [1.29, 1.82) is 5.26 Å². The molecule has 5 rings (SSSR count). The van der Waals surface area contributed by atoms with Crippen LogP contribution in [0.25, 0.3) is 22.9 Å². The molecule has 0 aliphatic heterocycles. The molecular formula is C20H15N11. The van der Waals surface area contributed by atoms with Crippen LogP contribution in [0, 0.1) is 25.2 Å². The number of H-pyrrole nitrogens is 1. The summed E-state index contributed by atoms with van der Waals surface area (Å²) in [6.07, 6.45) is 3.29. The fourth-order valence-electron chi connectivity index (χ4n) is 3.18. The van der Waals surface area contributed by atoms with Crippen LogP contribution in [0.15, 0.2) is 59.0 Å². The predicted octanol–water partition coefficient (Wildman–Crippen LogP) is 3.60. The number of pyridine rings is 2. The second-order valence-electron chi connectivity index (χ2n) is 6.67. The maximum atomic E-state index is 9.92. The summed E-state index contributed by atoms with van der Waals surface area (Å²) in [6.45, 7) is 3.70. The number of hydrogen-bond donors (Lipinski definition) is 1. The summed E-state index contributed by atoms with van der Waals surface area (Å²) in [5.74, 6) is 1.45. The molecule has 11 heteroatoms. The summed E-state index contributed by atoms with van der Waals surface area (Å²) in [5, 5.41) is 34.6. The van der Waals surface area contributed by atoms with Crippen LogP contribution in [0.4, 0.5) is 11.5 Å². The summed E-state index contributed by atoms with van der Waals surface area (Å²) in [4.78, 5) is 8.67. The van der Waals surface area contributed by atoms with Gasteiger partial charge in [-0.05, 0) is 38.1 Å². The summed E-state index contributed by atoms with van der Waals surface area (Å²) in [6, 6.07) is 13.0. The highest BCUT2D eigenvalue weighted by atomic mass is 15.4. The number of aromatic amines is 1. The minimum atomic E-state index is 0.245. The lowest BCUT2D eigenvalue weighted by molar-refractivity contribution is 0.841. The number of rotatable bonds is 4. The van der Waals surface area contributed by atoms with Crippen molar-refractivity contribution in [2.75, 3.05) is 0 Å². The third-order valence-corrected chi connectivity index (χ3v) is 4.66. The molecule has 0 radical (unpaired) electrons. The largest absolute Gasteiger partial charge is 0.293 e. The fourth-order valence-corrected chi connectivity index (χ4v) is 3.18. The van der Waals surface area contributed by atoms with Crippen LogP contribution in [0.2, 0.25) is 0 Å². The summed E-state index contributed by atoms with van der Waals surface area (Å²) < 4.78 is 3.21. The number of fused-ring (bicyclic) bond motifs is 1. The van der Waals surface area contributed by atoms with E-state index >= 15 is 0 Å². The molecule has 0 saturated heterocycles. The summed E-state index contributed by atoms with van der Waals surface area (Å²) in [5.41, 5.74) is 3.04. The Labute approximate surface area is 175 Å². The SMILES string of the molecule is Cc1[nH]n2c(C)nnc2c1N=Nc1c(C#N)c(-c2ccccn2)nn1-c1ccccn1. The van der Waals surface area contributed by atoms with Gasteiger partial charge in [0.15, 0.2) is 17.3 Å². The van der Waals surface area contributed by atoms with Gasteiger partial charge < -0.3 is 0 Å². The lowest BCUT2D eigenvalue weighted by Gasteiger charge is -2.01. The van der Waals surface area contributed by atoms with E-state index in [2.05, 4.69) is 46.7 Å². The average molecular weight is 409 g/mol. The van der Waals surface area contributed by atoms with Gasteiger partial charge in [0.05, 0.1) is 11.4 Å². The molecule has 0 aliphatic carbocycles. The van der Waals surface area contributed by atoms with E-state index in [4.69, 9.17) is 0 Å². The first-order valence-corrected chi connectivity index (χ1v) is 9.35. The third kappa shape index (κ3) is 3.03. The van der Waals surface area contributed by atoms with Gasteiger partial charge >= 0.3 is 0 Å². The van der Waals surface area contributed by atoms with E-state index in [1.54, 1.807) is 41.2 Å². The monoisotopic (exact) mass is 409 g/mol. The predicted molar refractivity (Wildman–Crippen MR) is 110 cm³/mol. The molecule has 0 spiro atoms. The molecular weight excluding hydrogens is 394 g/mol. The van der Waals surface area contributed by atoms with Gasteiger partial charge in [0, 0.05) is 12.4 Å². The number of aromatic nitrogens is 8. The standard InChI is InChI=1S/C20H15N11/c1-12-17(20-27-24-13(2)30(20)28-12)25-26-19-14(11-21)18(15-7-3-5-9-22-15)29-31(19)16-8-4-6-10-23-16/h3-10,28H,1-2H3. The van der Waals surface area contributed by atoms with Crippen LogP contribution < -0.4 is 0 Å². The molecule has 0 amide bonds. The first-order chi connectivity index (χ1) is 15.2. The molecule has 31 heavy (non-hydrogen) atoms. The van der Waals surface area contributed by atoms with Crippen LogP contribution in [-0.4, -0.2) is 39.6 Å². The van der Waals surface area contributed by atoms with E-state index in [0.29, 0.717) is 34.4 Å². The topological polar surface area (TPSA) is 138 Å². The van der Waals surface area contributed by atoms with Gasteiger partial charge in [0.1, 0.15) is 23.2 Å². The Bertz CT molecular complexity index is 1450. The average Bonchev–Trinajstić information content (AvgIpc) is 3.45. The lowest BCUT2D eigenvalue weighted by Crippen LogP contribution is -1.98. The molecule has 0 bridgehead atoms. The van der Waals surface area contributed by atoms with E-state index in [-0.39, 0.29) is 11.4 Å². The minimum absolute atomic E-state index is 0.245. The molecule has 5 heterocycles. The zero-order valence-electron chi connectivity index (χ0n) is 16.6. The van der Waals surface area contributed by atoms with Crippen molar-refractivity contribution in [2.24, 2.45) is 10.2 Å². The Hall–Kier alpha value is -4.72. The molecule has 0 fully saturated rings. The Morgan fingerprint density at radius 3 is 2.52 bits per heavy atom. The lowest BCUT2D eigenvalue weighted by atomic mass is 10.2. The molecule has 0 aromatic carbocycles.